The first-order chi connectivity index (χ1) is 8.58. The first-order valence-corrected chi connectivity index (χ1v) is 6.66. The molecular weight excluding hydrogens is 289 g/mol. The van der Waals surface area contributed by atoms with Crippen molar-refractivity contribution in [2.45, 2.75) is 26.4 Å². The molecule has 0 spiro atoms. The summed E-state index contributed by atoms with van der Waals surface area (Å²) in [6.45, 7) is 5.11. The van der Waals surface area contributed by atoms with Crippen LogP contribution in [0.4, 0.5) is 5.69 Å². The lowest BCUT2D eigenvalue weighted by atomic mass is 9.95. The predicted octanol–water partition coefficient (Wildman–Crippen LogP) is 2.38. The Bertz CT molecular complexity index is 511. The van der Waals surface area contributed by atoms with Crippen LogP contribution in [0, 0.1) is 0 Å². The van der Waals surface area contributed by atoms with Gasteiger partial charge in [-0.25, -0.2) is 4.98 Å². The number of rotatable bonds is 4. The second kappa shape index (κ2) is 5.61. The molecule has 5 heteroatoms. The molecule has 3 nitrogen and oxygen atoms in total. The third-order valence-electron chi connectivity index (χ3n) is 2.83. The molecule has 1 N–H and O–H groups in total. The maximum Gasteiger partial charge on any atom is 0.115 e. The van der Waals surface area contributed by atoms with Gasteiger partial charge >= 0.3 is 0 Å². The van der Waals surface area contributed by atoms with Gasteiger partial charge in [-0.3, -0.25) is 0 Å². The van der Waals surface area contributed by atoms with Crippen molar-refractivity contribution in [3.63, 3.8) is 0 Å². The number of aromatic amines is 1. The van der Waals surface area contributed by atoms with Gasteiger partial charge in [0.25, 0.3) is 0 Å². The lowest BCUT2D eigenvalue weighted by molar-refractivity contribution is 0.675. The molecule has 0 atom stereocenters. The second-order valence-corrected chi connectivity index (χ2v) is 5.36. The van der Waals surface area contributed by atoms with E-state index in [2.05, 4.69) is 50.7 Å². The summed E-state index contributed by atoms with van der Waals surface area (Å²) in [4.78, 5) is 9.44. The predicted molar refractivity (Wildman–Crippen MR) is 79.4 cm³/mol. The number of anilines is 1. The van der Waals surface area contributed by atoms with Crippen LogP contribution in [0.3, 0.4) is 0 Å². The zero-order valence-corrected chi connectivity index (χ0v) is 12.1. The number of aromatic nitrogens is 2. The maximum absolute atomic E-state index is 5.94. The minimum Gasteiger partial charge on any atom is -0.363 e. The molecule has 0 fully saturated rings. The topological polar surface area (TPSA) is 31.9 Å². The fourth-order valence-corrected chi connectivity index (χ4v) is 2.08. The Labute approximate surface area is 117 Å². The highest BCUT2D eigenvalue weighted by atomic mass is 79.9. The van der Waals surface area contributed by atoms with Crippen LogP contribution < -0.4 is 10.4 Å². The van der Waals surface area contributed by atoms with Gasteiger partial charge in [-0.1, -0.05) is 21.4 Å². The number of nitrogens with one attached hydrogen (secondary N) is 1. The van der Waals surface area contributed by atoms with Crippen molar-refractivity contribution in [3.05, 3.63) is 40.9 Å². The van der Waals surface area contributed by atoms with Crippen molar-refractivity contribution in [1.29, 1.82) is 0 Å². The van der Waals surface area contributed by atoms with Crippen molar-refractivity contribution in [2.75, 3.05) is 4.90 Å². The van der Waals surface area contributed by atoms with Crippen LogP contribution in [0.25, 0.3) is 0 Å². The Balaban J connectivity index is 2.26. The third kappa shape index (κ3) is 2.96. The molecule has 2 aromatic rings. The molecule has 0 amide bonds. The van der Waals surface area contributed by atoms with Gasteiger partial charge < -0.3 is 9.88 Å². The van der Waals surface area contributed by atoms with Gasteiger partial charge in [0.15, 0.2) is 0 Å². The first-order valence-electron chi connectivity index (χ1n) is 5.87. The van der Waals surface area contributed by atoms with Crippen molar-refractivity contribution >= 4 is 34.9 Å². The molecule has 0 unspecified atom stereocenters. The molecular formula is C13H15BBrN3. The summed E-state index contributed by atoms with van der Waals surface area (Å²) in [6, 6.07) is 6.42. The van der Waals surface area contributed by atoms with Crippen LogP contribution >= 0.6 is 15.9 Å². The molecule has 2 radical (unpaired) electrons. The maximum atomic E-state index is 5.94. The van der Waals surface area contributed by atoms with E-state index in [1.807, 2.05) is 18.3 Å². The Kier molecular flexibility index (Phi) is 4.12. The fraction of sp³-hybridized carbons (Fsp3) is 0.308. The molecule has 18 heavy (non-hydrogen) atoms. The van der Waals surface area contributed by atoms with Gasteiger partial charge in [-0.05, 0) is 32.0 Å². The van der Waals surface area contributed by atoms with E-state index in [1.165, 1.54) is 0 Å². The number of hydrogen-bond acceptors (Lipinski definition) is 2. The number of hydrogen-bond donors (Lipinski definition) is 1. The molecule has 2 rings (SSSR count). The van der Waals surface area contributed by atoms with Gasteiger partial charge in [0, 0.05) is 22.4 Å². The molecule has 1 aromatic carbocycles. The van der Waals surface area contributed by atoms with E-state index >= 15 is 0 Å². The summed E-state index contributed by atoms with van der Waals surface area (Å²) >= 11 is 3.42. The first kappa shape index (κ1) is 13.2. The van der Waals surface area contributed by atoms with Crippen molar-refractivity contribution in [3.8, 4) is 0 Å². The van der Waals surface area contributed by atoms with Crippen LogP contribution in [-0.2, 0) is 6.54 Å². The van der Waals surface area contributed by atoms with Crippen LogP contribution in [0.5, 0.6) is 0 Å². The van der Waals surface area contributed by atoms with Gasteiger partial charge in [0.1, 0.15) is 7.85 Å². The zero-order chi connectivity index (χ0) is 13.1. The van der Waals surface area contributed by atoms with E-state index in [-0.39, 0.29) is 0 Å². The van der Waals surface area contributed by atoms with Gasteiger partial charge in [-0.2, -0.15) is 0 Å². The van der Waals surface area contributed by atoms with Crippen LogP contribution in [0.2, 0.25) is 0 Å². The highest BCUT2D eigenvalue weighted by Crippen LogP contribution is 2.20. The minimum absolute atomic E-state index is 0.383. The Morgan fingerprint density at radius 1 is 1.44 bits per heavy atom. The number of benzene rings is 1. The summed E-state index contributed by atoms with van der Waals surface area (Å²) in [5.74, 6) is 0. The van der Waals surface area contributed by atoms with Crippen molar-refractivity contribution in [2.24, 2.45) is 0 Å². The Morgan fingerprint density at radius 2 is 2.22 bits per heavy atom. The van der Waals surface area contributed by atoms with Crippen LogP contribution in [0.15, 0.2) is 35.2 Å². The summed E-state index contributed by atoms with van der Waals surface area (Å²) in [5, 5.41) is 0. The Hall–Kier alpha value is -1.23. The molecule has 0 saturated heterocycles. The second-order valence-electron chi connectivity index (χ2n) is 4.50. The number of halogens is 1. The van der Waals surface area contributed by atoms with Crippen molar-refractivity contribution < 1.29 is 0 Å². The molecule has 1 aromatic heterocycles. The molecule has 0 aliphatic heterocycles. The standard InChI is InChI=1S/C13H15BBrN3/c1-9(2)18(7-10-6-16-8-17-10)11-3-4-13(15)12(14)5-11/h3-6,8-9H,7H2,1-2H3,(H,16,17). The summed E-state index contributed by atoms with van der Waals surface area (Å²) < 4.78 is 0.927. The zero-order valence-electron chi connectivity index (χ0n) is 10.5. The lowest BCUT2D eigenvalue weighted by Crippen LogP contribution is -2.31. The van der Waals surface area contributed by atoms with Crippen LogP contribution in [0.1, 0.15) is 19.5 Å². The molecule has 92 valence electrons. The fourth-order valence-electron chi connectivity index (χ4n) is 1.84. The average molecular weight is 304 g/mol. The van der Waals surface area contributed by atoms with Gasteiger partial charge in [-0.15, -0.1) is 0 Å². The molecule has 1 heterocycles. The quantitative estimate of drug-likeness (QED) is 0.880. The SMILES string of the molecule is [B]c1cc(N(Cc2cnc[nH]2)C(C)C)ccc1Br. The van der Waals surface area contributed by atoms with E-state index in [0.717, 1.165) is 27.9 Å². The van der Waals surface area contributed by atoms with Gasteiger partial charge in [0.05, 0.1) is 18.6 Å². The molecule has 0 bridgehead atoms. The highest BCUT2D eigenvalue weighted by Gasteiger charge is 2.12. The third-order valence-corrected chi connectivity index (χ3v) is 3.55. The smallest absolute Gasteiger partial charge is 0.115 e. The Morgan fingerprint density at radius 3 is 2.78 bits per heavy atom. The summed E-state index contributed by atoms with van der Waals surface area (Å²) in [7, 11) is 5.94. The number of nitrogens with zero attached hydrogens (tertiary/aromatic N) is 2. The van der Waals surface area contributed by atoms with Gasteiger partial charge in [0.2, 0.25) is 0 Å². The highest BCUT2D eigenvalue weighted by molar-refractivity contribution is 9.10. The summed E-state index contributed by atoms with van der Waals surface area (Å²) in [6.07, 6.45) is 3.54. The molecule has 0 aliphatic rings. The summed E-state index contributed by atoms with van der Waals surface area (Å²) in [5.41, 5.74) is 2.95. The normalized spacial score (nSPS) is 10.9. The minimum atomic E-state index is 0.383. The molecule has 0 saturated carbocycles. The largest absolute Gasteiger partial charge is 0.363 e. The molecule has 0 aliphatic carbocycles. The van der Waals surface area contributed by atoms with Crippen molar-refractivity contribution in [1.82, 2.24) is 9.97 Å². The number of H-pyrrole nitrogens is 1. The average Bonchev–Trinajstić information content (AvgIpc) is 2.82. The monoisotopic (exact) mass is 303 g/mol. The number of imidazole rings is 1. The van der Waals surface area contributed by atoms with Crippen LogP contribution in [-0.4, -0.2) is 23.9 Å². The van der Waals surface area contributed by atoms with E-state index < -0.39 is 0 Å². The van der Waals surface area contributed by atoms with E-state index in [4.69, 9.17) is 7.85 Å². The lowest BCUT2D eigenvalue weighted by Gasteiger charge is -2.29. The van der Waals surface area contributed by atoms with E-state index in [9.17, 15) is 0 Å². The van der Waals surface area contributed by atoms with E-state index in [0.29, 0.717) is 6.04 Å². The van der Waals surface area contributed by atoms with E-state index in [1.54, 1.807) is 6.33 Å².